The average Bonchev–Trinajstić information content (AvgIpc) is 3.08. The number of amides is 4. The molecule has 1 heterocycles. The van der Waals surface area contributed by atoms with Gasteiger partial charge in [0, 0.05) is 5.69 Å². The zero-order chi connectivity index (χ0) is 23.4. The van der Waals surface area contributed by atoms with Crippen LogP contribution in [-0.2, 0) is 9.59 Å². The molecule has 0 aromatic heterocycles. The monoisotopic (exact) mass is 505 g/mol. The third-order valence-electron chi connectivity index (χ3n) is 4.85. The lowest BCUT2D eigenvalue weighted by molar-refractivity contribution is -0.118. The number of aryl methyl sites for hydroxylation is 1. The van der Waals surface area contributed by atoms with E-state index in [-0.39, 0.29) is 18.2 Å². The molecular weight excluding hydrogens is 486 g/mol. The highest BCUT2D eigenvalue weighted by Crippen LogP contribution is 2.28. The first-order valence-electron chi connectivity index (χ1n) is 10.1. The first kappa shape index (κ1) is 22.3. The van der Waals surface area contributed by atoms with Gasteiger partial charge in [0.05, 0.1) is 10.2 Å². The van der Waals surface area contributed by atoms with Gasteiger partial charge in [0.2, 0.25) is 0 Å². The van der Waals surface area contributed by atoms with Crippen LogP contribution >= 0.6 is 15.9 Å². The summed E-state index contributed by atoms with van der Waals surface area (Å²) in [5.41, 5.74) is 3.15. The van der Waals surface area contributed by atoms with Gasteiger partial charge in [-0.2, -0.15) is 0 Å². The van der Waals surface area contributed by atoms with Crippen molar-refractivity contribution in [1.29, 1.82) is 0 Å². The molecule has 33 heavy (non-hydrogen) atoms. The van der Waals surface area contributed by atoms with Crippen molar-refractivity contribution in [3.63, 3.8) is 0 Å². The molecule has 0 spiro atoms. The van der Waals surface area contributed by atoms with E-state index in [4.69, 9.17) is 4.74 Å². The fourth-order valence-corrected chi connectivity index (χ4v) is 3.73. The molecule has 0 radical (unpaired) electrons. The summed E-state index contributed by atoms with van der Waals surface area (Å²) in [6.45, 7) is 1.81. The second-order valence-electron chi connectivity index (χ2n) is 7.36. The largest absolute Gasteiger partial charge is 0.483 e. The molecule has 0 bridgehead atoms. The fraction of sp³-hybridized carbons (Fsp3) is 0.0800. The summed E-state index contributed by atoms with van der Waals surface area (Å²) in [5.74, 6) is -0.239. The van der Waals surface area contributed by atoms with Crippen LogP contribution in [-0.4, -0.2) is 24.5 Å². The topological polar surface area (TPSA) is 87.7 Å². The third kappa shape index (κ3) is 5.30. The maximum Gasteiger partial charge on any atom is 0.333 e. The van der Waals surface area contributed by atoms with Gasteiger partial charge < -0.3 is 15.4 Å². The van der Waals surface area contributed by atoms with E-state index in [9.17, 15) is 14.4 Å². The lowest BCUT2D eigenvalue weighted by Gasteiger charge is -2.11. The molecule has 4 amide bonds. The molecule has 0 unspecified atom stereocenters. The molecule has 1 saturated heterocycles. The zero-order valence-corrected chi connectivity index (χ0v) is 19.3. The minimum atomic E-state index is -0.504. The van der Waals surface area contributed by atoms with E-state index in [0.29, 0.717) is 27.2 Å². The van der Waals surface area contributed by atoms with E-state index in [0.717, 1.165) is 10.5 Å². The number of nitrogens with zero attached hydrogens (tertiary/aromatic N) is 1. The first-order valence-corrected chi connectivity index (χ1v) is 10.9. The summed E-state index contributed by atoms with van der Waals surface area (Å²) >= 11 is 3.43. The van der Waals surface area contributed by atoms with Gasteiger partial charge in [-0.1, -0.05) is 42.0 Å². The van der Waals surface area contributed by atoms with Crippen molar-refractivity contribution >= 4 is 51.2 Å². The standard InChI is InChI=1S/C25H20BrN3O4/c1-16-7-10-18(11-8-16)27-23(30)15-33-22-12-9-17(13-20(22)26)14-21-24(31)29(25(32)28-21)19-5-3-2-4-6-19/h2-14H,15H2,1H3,(H,27,30)(H,28,32)/b21-14-. The Balaban J connectivity index is 1.40. The predicted octanol–water partition coefficient (Wildman–Crippen LogP) is 4.87. The third-order valence-corrected chi connectivity index (χ3v) is 5.47. The zero-order valence-electron chi connectivity index (χ0n) is 17.7. The molecule has 2 N–H and O–H groups in total. The van der Waals surface area contributed by atoms with Crippen LogP contribution in [0.3, 0.4) is 0 Å². The van der Waals surface area contributed by atoms with Crippen molar-refractivity contribution in [3.05, 3.63) is 94.1 Å². The van der Waals surface area contributed by atoms with Gasteiger partial charge in [0.25, 0.3) is 11.8 Å². The van der Waals surface area contributed by atoms with E-state index in [2.05, 4.69) is 26.6 Å². The van der Waals surface area contributed by atoms with Crippen LogP contribution in [0.5, 0.6) is 5.75 Å². The summed E-state index contributed by atoms with van der Waals surface area (Å²) in [6, 6.07) is 20.8. The number of halogens is 1. The Kier molecular flexibility index (Phi) is 6.55. The van der Waals surface area contributed by atoms with Crippen molar-refractivity contribution in [3.8, 4) is 5.75 Å². The fourth-order valence-electron chi connectivity index (χ4n) is 3.21. The van der Waals surface area contributed by atoms with Gasteiger partial charge in [0.1, 0.15) is 11.4 Å². The predicted molar refractivity (Wildman–Crippen MR) is 130 cm³/mol. The number of benzene rings is 3. The first-order chi connectivity index (χ1) is 15.9. The number of nitrogens with one attached hydrogen (secondary N) is 2. The molecule has 3 aromatic rings. The molecule has 8 heteroatoms. The smallest absolute Gasteiger partial charge is 0.333 e. The molecule has 0 saturated carbocycles. The van der Waals surface area contributed by atoms with E-state index >= 15 is 0 Å². The number of urea groups is 1. The molecular formula is C25H20BrN3O4. The van der Waals surface area contributed by atoms with Crippen molar-refractivity contribution < 1.29 is 19.1 Å². The van der Waals surface area contributed by atoms with Crippen LogP contribution in [0.15, 0.2) is 83.0 Å². The van der Waals surface area contributed by atoms with Crippen LogP contribution in [0.25, 0.3) is 6.08 Å². The summed E-state index contributed by atoms with van der Waals surface area (Å²) < 4.78 is 6.22. The van der Waals surface area contributed by atoms with E-state index < -0.39 is 11.9 Å². The number of ether oxygens (including phenoxy) is 1. The van der Waals surface area contributed by atoms with Crippen LogP contribution in [0.1, 0.15) is 11.1 Å². The van der Waals surface area contributed by atoms with Crippen LogP contribution in [0.4, 0.5) is 16.2 Å². The normalized spacial score (nSPS) is 14.4. The van der Waals surface area contributed by atoms with Crippen LogP contribution in [0, 0.1) is 6.92 Å². The molecule has 1 fully saturated rings. The molecule has 0 atom stereocenters. The molecule has 7 nitrogen and oxygen atoms in total. The van der Waals surface area contributed by atoms with E-state index in [1.54, 1.807) is 48.5 Å². The Bertz CT molecular complexity index is 1240. The highest BCUT2D eigenvalue weighted by Gasteiger charge is 2.34. The average molecular weight is 506 g/mol. The van der Waals surface area contributed by atoms with Gasteiger partial charge in [-0.3, -0.25) is 9.59 Å². The van der Waals surface area contributed by atoms with Crippen LogP contribution in [0.2, 0.25) is 0 Å². The lowest BCUT2D eigenvalue weighted by atomic mass is 10.2. The molecule has 0 aliphatic carbocycles. The Labute approximate surface area is 199 Å². The molecule has 4 rings (SSSR count). The highest BCUT2D eigenvalue weighted by atomic mass is 79.9. The number of hydrogen-bond donors (Lipinski definition) is 2. The van der Waals surface area contributed by atoms with Gasteiger partial charge >= 0.3 is 6.03 Å². The Morgan fingerprint density at radius 3 is 2.48 bits per heavy atom. The van der Waals surface area contributed by atoms with E-state index in [1.807, 2.05) is 37.3 Å². The molecule has 1 aliphatic rings. The minimum Gasteiger partial charge on any atom is -0.483 e. The summed E-state index contributed by atoms with van der Waals surface area (Å²) in [5, 5.41) is 5.37. The number of carbonyl (C=O) groups is 3. The van der Waals surface area contributed by atoms with E-state index in [1.165, 1.54) is 0 Å². The molecule has 166 valence electrons. The number of hydrogen-bond acceptors (Lipinski definition) is 4. The van der Waals surface area contributed by atoms with Gasteiger partial charge in [-0.15, -0.1) is 0 Å². The molecule has 3 aromatic carbocycles. The van der Waals surface area contributed by atoms with Gasteiger partial charge in [-0.05, 0) is 70.9 Å². The highest BCUT2D eigenvalue weighted by molar-refractivity contribution is 9.10. The quantitative estimate of drug-likeness (QED) is 0.369. The Hall–Kier alpha value is -3.91. The SMILES string of the molecule is Cc1ccc(NC(=O)COc2ccc(/C=C3\NC(=O)N(c4ccccc4)C3=O)cc2Br)cc1. The maximum atomic E-state index is 12.7. The number of imide groups is 1. The van der Waals surface area contributed by atoms with Gasteiger partial charge in [0.15, 0.2) is 6.61 Å². The summed E-state index contributed by atoms with van der Waals surface area (Å²) in [6.07, 6.45) is 1.59. The second-order valence-corrected chi connectivity index (χ2v) is 8.21. The summed E-state index contributed by atoms with van der Waals surface area (Å²) in [4.78, 5) is 38.2. The minimum absolute atomic E-state index is 0.159. The maximum absolute atomic E-state index is 12.7. The number of anilines is 2. The summed E-state index contributed by atoms with van der Waals surface area (Å²) in [7, 11) is 0. The number of rotatable bonds is 6. The van der Waals surface area contributed by atoms with Crippen molar-refractivity contribution in [2.75, 3.05) is 16.8 Å². The van der Waals surface area contributed by atoms with Crippen molar-refractivity contribution in [1.82, 2.24) is 5.32 Å². The van der Waals surface area contributed by atoms with Gasteiger partial charge in [-0.25, -0.2) is 9.69 Å². The molecule has 1 aliphatic heterocycles. The van der Waals surface area contributed by atoms with Crippen LogP contribution < -0.4 is 20.3 Å². The second kappa shape index (κ2) is 9.70. The number of para-hydroxylation sites is 1. The lowest BCUT2D eigenvalue weighted by Crippen LogP contribution is -2.30. The Morgan fingerprint density at radius 1 is 1.06 bits per heavy atom. The van der Waals surface area contributed by atoms with Crippen molar-refractivity contribution in [2.45, 2.75) is 6.92 Å². The Morgan fingerprint density at radius 2 is 1.79 bits per heavy atom. The van der Waals surface area contributed by atoms with Crippen molar-refractivity contribution in [2.24, 2.45) is 0 Å². The number of carbonyl (C=O) groups excluding carboxylic acids is 3.